The molecule has 0 bridgehead atoms. The summed E-state index contributed by atoms with van der Waals surface area (Å²) in [4.78, 5) is 36.8. The number of nitrogens with zero attached hydrogens (tertiary/aromatic N) is 1. The van der Waals surface area contributed by atoms with Gasteiger partial charge in [0.25, 0.3) is 11.1 Å². The molecule has 0 spiro atoms. The summed E-state index contributed by atoms with van der Waals surface area (Å²) in [6.45, 7) is -0.00963. The summed E-state index contributed by atoms with van der Waals surface area (Å²) in [5.74, 6) is 1.59. The maximum absolute atomic E-state index is 12.4. The first-order valence-corrected chi connectivity index (χ1v) is 9.57. The van der Waals surface area contributed by atoms with Crippen molar-refractivity contribution in [2.75, 3.05) is 13.7 Å². The Morgan fingerprint density at radius 2 is 2.03 bits per heavy atom. The van der Waals surface area contributed by atoms with E-state index in [1.54, 1.807) is 36.4 Å². The van der Waals surface area contributed by atoms with Gasteiger partial charge in [0.1, 0.15) is 6.61 Å². The lowest BCUT2D eigenvalue weighted by molar-refractivity contribution is -0.122. The molecule has 2 amide bonds. The fourth-order valence-electron chi connectivity index (χ4n) is 2.78. The van der Waals surface area contributed by atoms with Crippen LogP contribution < -0.4 is 9.47 Å². The Labute approximate surface area is 177 Å². The second-order valence-electron chi connectivity index (χ2n) is 6.14. The highest BCUT2D eigenvalue weighted by molar-refractivity contribution is 8.18. The lowest BCUT2D eigenvalue weighted by Gasteiger charge is -2.14. The van der Waals surface area contributed by atoms with E-state index in [2.05, 4.69) is 5.92 Å². The van der Waals surface area contributed by atoms with Crippen LogP contribution in [-0.4, -0.2) is 40.8 Å². The summed E-state index contributed by atoms with van der Waals surface area (Å²) in [5, 5.41) is 8.71. The van der Waals surface area contributed by atoms with Crippen molar-refractivity contribution in [1.82, 2.24) is 4.90 Å². The van der Waals surface area contributed by atoms with Crippen LogP contribution in [0.25, 0.3) is 6.08 Å². The molecular weight excluding hydrogens is 406 g/mol. The Morgan fingerprint density at radius 3 is 2.73 bits per heavy atom. The minimum absolute atomic E-state index is 0.0842. The first kappa shape index (κ1) is 21.0. The number of carbonyl (C=O) groups is 3. The minimum Gasteiger partial charge on any atom is -0.493 e. The van der Waals surface area contributed by atoms with E-state index in [9.17, 15) is 14.4 Å². The Kier molecular flexibility index (Phi) is 6.45. The summed E-state index contributed by atoms with van der Waals surface area (Å²) in [7, 11) is 1.48. The van der Waals surface area contributed by atoms with Gasteiger partial charge in [-0.2, -0.15) is 0 Å². The van der Waals surface area contributed by atoms with Crippen LogP contribution in [0.3, 0.4) is 0 Å². The average Bonchev–Trinajstić information content (AvgIpc) is 3.00. The number of carboxylic acid groups (broad SMARTS) is 1. The topological polar surface area (TPSA) is 93.1 Å². The van der Waals surface area contributed by atoms with Crippen LogP contribution in [0.2, 0.25) is 0 Å². The van der Waals surface area contributed by atoms with E-state index in [0.29, 0.717) is 22.6 Å². The van der Waals surface area contributed by atoms with Gasteiger partial charge in [0.05, 0.1) is 24.1 Å². The van der Waals surface area contributed by atoms with Gasteiger partial charge in [0, 0.05) is 5.56 Å². The van der Waals surface area contributed by atoms with E-state index in [-0.39, 0.29) is 23.6 Å². The molecule has 1 fully saturated rings. The molecule has 152 valence electrons. The third-order valence-electron chi connectivity index (χ3n) is 4.20. The number of para-hydroxylation sites is 1. The van der Waals surface area contributed by atoms with Crippen molar-refractivity contribution in [3.63, 3.8) is 0 Å². The molecular formula is C22H17NO6S. The number of terminal acetylenes is 1. The van der Waals surface area contributed by atoms with Crippen LogP contribution in [0.4, 0.5) is 4.79 Å². The van der Waals surface area contributed by atoms with Gasteiger partial charge in [0.2, 0.25) is 0 Å². The lowest BCUT2D eigenvalue weighted by atomic mass is 10.1. The van der Waals surface area contributed by atoms with Gasteiger partial charge in [0.15, 0.2) is 11.5 Å². The van der Waals surface area contributed by atoms with Crippen LogP contribution in [0.5, 0.6) is 11.5 Å². The number of amides is 2. The zero-order valence-electron chi connectivity index (χ0n) is 16.0. The van der Waals surface area contributed by atoms with Gasteiger partial charge in [-0.1, -0.05) is 30.2 Å². The van der Waals surface area contributed by atoms with Gasteiger partial charge < -0.3 is 14.6 Å². The highest BCUT2D eigenvalue weighted by atomic mass is 32.2. The number of benzene rings is 2. The van der Waals surface area contributed by atoms with Crippen LogP contribution >= 0.6 is 11.8 Å². The standard InChI is InChI=1S/C22H17NO6S/c1-3-10-23-20(24)18(30-22(23)27)12-15-7-5-9-17(28-2)19(15)29-13-14-6-4-8-16(11-14)21(25)26/h1,4-9,11-12H,10,13H2,2H3,(H,25,26)/b18-12+. The van der Waals surface area contributed by atoms with Gasteiger partial charge in [-0.05, 0) is 41.6 Å². The molecule has 1 N–H and O–H groups in total. The van der Waals surface area contributed by atoms with E-state index >= 15 is 0 Å². The van der Waals surface area contributed by atoms with E-state index in [1.807, 2.05) is 0 Å². The first-order valence-electron chi connectivity index (χ1n) is 8.75. The van der Waals surface area contributed by atoms with Crippen molar-refractivity contribution in [3.05, 3.63) is 64.1 Å². The molecule has 1 saturated heterocycles. The number of carbonyl (C=O) groups excluding carboxylic acids is 2. The number of rotatable bonds is 7. The Balaban J connectivity index is 1.90. The van der Waals surface area contributed by atoms with Gasteiger partial charge in [-0.15, -0.1) is 6.42 Å². The first-order chi connectivity index (χ1) is 14.4. The quantitative estimate of drug-likeness (QED) is 0.537. The SMILES string of the molecule is C#CCN1C(=O)S/C(=C/c2cccc(OC)c2OCc2cccc(C(=O)O)c2)C1=O. The van der Waals surface area contributed by atoms with Crippen molar-refractivity contribution in [2.45, 2.75) is 6.61 Å². The van der Waals surface area contributed by atoms with E-state index < -0.39 is 17.1 Å². The largest absolute Gasteiger partial charge is 0.493 e. The maximum atomic E-state index is 12.4. The zero-order chi connectivity index (χ0) is 21.7. The number of thioether (sulfide) groups is 1. The summed E-state index contributed by atoms with van der Waals surface area (Å²) in [5.41, 5.74) is 1.34. The smallest absolute Gasteiger partial charge is 0.335 e. The van der Waals surface area contributed by atoms with Crippen molar-refractivity contribution in [1.29, 1.82) is 0 Å². The van der Waals surface area contributed by atoms with Gasteiger partial charge >= 0.3 is 5.97 Å². The molecule has 1 aliphatic rings. The molecule has 2 aromatic carbocycles. The highest BCUT2D eigenvalue weighted by Crippen LogP contribution is 2.37. The molecule has 0 aromatic heterocycles. The van der Waals surface area contributed by atoms with Crippen LogP contribution in [0, 0.1) is 12.3 Å². The minimum atomic E-state index is -1.03. The molecule has 0 saturated carbocycles. The second kappa shape index (κ2) is 9.20. The van der Waals surface area contributed by atoms with E-state index in [1.165, 1.54) is 19.2 Å². The molecule has 1 heterocycles. The third-order valence-corrected chi connectivity index (χ3v) is 5.10. The second-order valence-corrected chi connectivity index (χ2v) is 7.14. The van der Waals surface area contributed by atoms with Crippen LogP contribution in [0.1, 0.15) is 21.5 Å². The van der Waals surface area contributed by atoms with Gasteiger partial charge in [-0.25, -0.2) is 4.79 Å². The Morgan fingerprint density at radius 1 is 1.27 bits per heavy atom. The molecule has 0 radical (unpaired) electrons. The fourth-order valence-corrected chi connectivity index (χ4v) is 3.61. The summed E-state index contributed by atoms with van der Waals surface area (Å²) in [6, 6.07) is 11.5. The highest BCUT2D eigenvalue weighted by Gasteiger charge is 2.34. The monoisotopic (exact) mass is 423 g/mol. The van der Waals surface area contributed by atoms with Crippen molar-refractivity contribution in [2.24, 2.45) is 0 Å². The van der Waals surface area contributed by atoms with Crippen LogP contribution in [0.15, 0.2) is 47.4 Å². The third kappa shape index (κ3) is 4.47. The Bertz CT molecular complexity index is 1090. The molecule has 3 rings (SSSR count). The number of imide groups is 1. The van der Waals surface area contributed by atoms with Crippen molar-refractivity contribution < 1.29 is 29.0 Å². The summed E-state index contributed by atoms with van der Waals surface area (Å²) >= 11 is 0.800. The number of methoxy groups -OCH3 is 1. The molecule has 7 nitrogen and oxygen atoms in total. The maximum Gasteiger partial charge on any atom is 0.335 e. The normalized spacial score (nSPS) is 14.7. The van der Waals surface area contributed by atoms with Crippen molar-refractivity contribution >= 4 is 35.0 Å². The summed E-state index contributed by atoms with van der Waals surface area (Å²) < 4.78 is 11.3. The number of ether oxygens (including phenoxy) is 2. The molecule has 30 heavy (non-hydrogen) atoms. The molecule has 2 aromatic rings. The number of aromatic carboxylic acids is 1. The summed E-state index contributed by atoms with van der Waals surface area (Å²) in [6.07, 6.45) is 6.77. The van der Waals surface area contributed by atoms with Crippen LogP contribution in [-0.2, 0) is 11.4 Å². The molecule has 1 aliphatic heterocycles. The molecule has 0 unspecified atom stereocenters. The predicted molar refractivity (Wildman–Crippen MR) is 112 cm³/mol. The number of hydrogen-bond donors (Lipinski definition) is 1. The molecule has 0 aliphatic carbocycles. The average molecular weight is 423 g/mol. The molecule has 8 heteroatoms. The van der Waals surface area contributed by atoms with E-state index in [4.69, 9.17) is 21.0 Å². The fraction of sp³-hybridized carbons (Fsp3) is 0.136. The molecule has 0 atom stereocenters. The number of hydrogen-bond acceptors (Lipinski definition) is 6. The Hall–Kier alpha value is -3.70. The van der Waals surface area contributed by atoms with Crippen molar-refractivity contribution in [3.8, 4) is 23.8 Å². The number of carboxylic acids is 1. The zero-order valence-corrected chi connectivity index (χ0v) is 16.8. The lowest BCUT2D eigenvalue weighted by Crippen LogP contribution is -2.28. The van der Waals surface area contributed by atoms with E-state index in [0.717, 1.165) is 16.7 Å². The predicted octanol–water partition coefficient (Wildman–Crippen LogP) is 3.64. The van der Waals surface area contributed by atoms with Gasteiger partial charge in [-0.3, -0.25) is 14.5 Å².